The van der Waals surface area contributed by atoms with E-state index in [1.807, 2.05) is 6.07 Å². The van der Waals surface area contributed by atoms with Crippen LogP contribution < -0.4 is 14.4 Å². The van der Waals surface area contributed by atoms with Crippen molar-refractivity contribution in [2.75, 3.05) is 33.4 Å². The lowest BCUT2D eigenvalue weighted by Gasteiger charge is -2.32. The number of likely N-dealkylation sites (tertiary alicyclic amines) is 1. The average Bonchev–Trinajstić information content (AvgIpc) is 2.53. The van der Waals surface area contributed by atoms with E-state index in [4.69, 9.17) is 9.47 Å². The fourth-order valence-electron chi connectivity index (χ4n) is 3.72. The second kappa shape index (κ2) is 8.92. The van der Waals surface area contributed by atoms with E-state index in [0.717, 1.165) is 31.0 Å². The Hall–Kier alpha value is -1.55. The summed E-state index contributed by atoms with van der Waals surface area (Å²) in [4.78, 5) is 12.8. The molecule has 0 spiro atoms. The summed E-state index contributed by atoms with van der Waals surface area (Å²) in [6, 6.07) is 5.38. The molecule has 128 valence electrons. The number of para-hydroxylation sites is 1. The maximum Gasteiger partial charge on any atom is 0.171 e. The summed E-state index contributed by atoms with van der Waals surface area (Å²) in [5, 5.41) is 0. The van der Waals surface area contributed by atoms with Gasteiger partial charge in [0.2, 0.25) is 0 Å². The zero-order chi connectivity index (χ0) is 16.7. The van der Waals surface area contributed by atoms with Gasteiger partial charge in [-0.25, -0.2) is 0 Å². The highest BCUT2D eigenvalue weighted by Gasteiger charge is 2.24. The first kappa shape index (κ1) is 17.8. The first-order valence-electron chi connectivity index (χ1n) is 8.72. The molecule has 0 unspecified atom stereocenters. The summed E-state index contributed by atoms with van der Waals surface area (Å²) in [6.45, 7) is 9.16. The zero-order valence-corrected chi connectivity index (χ0v) is 14.6. The Morgan fingerprint density at radius 1 is 1.22 bits per heavy atom. The molecule has 4 nitrogen and oxygen atoms in total. The van der Waals surface area contributed by atoms with Crippen LogP contribution in [0.2, 0.25) is 0 Å². The molecule has 2 rings (SSSR count). The third-order valence-corrected chi connectivity index (χ3v) is 4.61. The molecule has 0 amide bonds. The third kappa shape index (κ3) is 5.24. The number of aldehydes is 1. The van der Waals surface area contributed by atoms with Crippen molar-refractivity contribution in [2.45, 2.75) is 33.1 Å². The molecule has 1 fully saturated rings. The maximum absolute atomic E-state index is 11.1. The minimum Gasteiger partial charge on any atom is -0.493 e. The molecule has 4 heteroatoms. The fourth-order valence-corrected chi connectivity index (χ4v) is 3.72. The second-order valence-electron chi connectivity index (χ2n) is 6.91. The highest BCUT2D eigenvalue weighted by molar-refractivity contribution is 5.81. The second-order valence-corrected chi connectivity index (χ2v) is 6.91. The molecule has 0 saturated carbocycles. The number of hydrogen-bond donors (Lipinski definition) is 1. The number of nitrogens with one attached hydrogen (secondary N) is 1. The smallest absolute Gasteiger partial charge is 0.171 e. The topological polar surface area (TPSA) is 40.0 Å². The van der Waals surface area contributed by atoms with Crippen LogP contribution in [-0.2, 0) is 0 Å². The number of piperidine rings is 1. The minimum absolute atomic E-state index is 0.550. The van der Waals surface area contributed by atoms with Crippen molar-refractivity contribution in [1.82, 2.24) is 0 Å². The van der Waals surface area contributed by atoms with E-state index in [0.29, 0.717) is 23.7 Å². The third-order valence-electron chi connectivity index (χ3n) is 4.61. The van der Waals surface area contributed by atoms with Crippen LogP contribution in [-0.4, -0.2) is 39.6 Å². The molecule has 1 aromatic carbocycles. The number of rotatable bonds is 8. The van der Waals surface area contributed by atoms with Crippen molar-refractivity contribution < 1.29 is 19.2 Å². The molecule has 1 aromatic rings. The van der Waals surface area contributed by atoms with Crippen LogP contribution in [0.5, 0.6) is 11.5 Å². The lowest BCUT2D eigenvalue weighted by atomic mass is 9.92. The number of quaternary nitrogens is 1. The summed E-state index contributed by atoms with van der Waals surface area (Å²) in [7, 11) is 1.60. The number of benzene rings is 1. The molecule has 1 saturated heterocycles. The monoisotopic (exact) mass is 320 g/mol. The van der Waals surface area contributed by atoms with Gasteiger partial charge in [-0.3, -0.25) is 4.79 Å². The number of ether oxygens (including phenoxy) is 2. The van der Waals surface area contributed by atoms with Crippen molar-refractivity contribution in [3.63, 3.8) is 0 Å². The SMILES string of the molecule is COc1cccc(C=O)c1OCCCC[NH+]1C[C@@H](C)C[C@H](C)C1. The molecule has 23 heavy (non-hydrogen) atoms. The maximum atomic E-state index is 11.1. The van der Waals surface area contributed by atoms with Gasteiger partial charge in [-0.15, -0.1) is 0 Å². The van der Waals surface area contributed by atoms with Crippen molar-refractivity contribution in [1.29, 1.82) is 0 Å². The summed E-state index contributed by atoms with van der Waals surface area (Å²) >= 11 is 0. The van der Waals surface area contributed by atoms with Gasteiger partial charge in [0.15, 0.2) is 17.8 Å². The minimum atomic E-state index is 0.550. The molecular formula is C19H30NO3+. The van der Waals surface area contributed by atoms with Gasteiger partial charge in [-0.1, -0.05) is 19.9 Å². The Kier molecular flexibility index (Phi) is 6.90. The largest absolute Gasteiger partial charge is 0.493 e. The van der Waals surface area contributed by atoms with Crippen LogP contribution in [0.15, 0.2) is 18.2 Å². The van der Waals surface area contributed by atoms with E-state index < -0.39 is 0 Å². The van der Waals surface area contributed by atoms with E-state index >= 15 is 0 Å². The van der Waals surface area contributed by atoms with Crippen molar-refractivity contribution in [2.24, 2.45) is 11.8 Å². The molecule has 0 bridgehead atoms. The normalized spacial score (nSPS) is 24.2. The quantitative estimate of drug-likeness (QED) is 0.590. The van der Waals surface area contributed by atoms with E-state index in [1.165, 1.54) is 26.1 Å². The van der Waals surface area contributed by atoms with Gasteiger partial charge >= 0.3 is 0 Å². The molecule has 2 atom stereocenters. The summed E-state index contributed by atoms with van der Waals surface area (Å²) in [5.41, 5.74) is 0.550. The van der Waals surface area contributed by atoms with E-state index in [9.17, 15) is 4.79 Å². The molecule has 1 aliphatic heterocycles. The van der Waals surface area contributed by atoms with Crippen LogP contribution in [0.1, 0.15) is 43.5 Å². The van der Waals surface area contributed by atoms with Crippen molar-refractivity contribution in [3.05, 3.63) is 23.8 Å². The predicted octanol–water partition coefficient (Wildman–Crippen LogP) is 2.23. The number of unbranched alkanes of at least 4 members (excludes halogenated alkanes) is 1. The van der Waals surface area contributed by atoms with Gasteiger partial charge in [-0.05, 0) is 31.4 Å². The van der Waals surface area contributed by atoms with Crippen LogP contribution in [0.25, 0.3) is 0 Å². The van der Waals surface area contributed by atoms with Crippen molar-refractivity contribution >= 4 is 6.29 Å². The van der Waals surface area contributed by atoms with Gasteiger partial charge in [0.1, 0.15) is 0 Å². The first-order chi connectivity index (χ1) is 11.1. The highest BCUT2D eigenvalue weighted by atomic mass is 16.5. The highest BCUT2D eigenvalue weighted by Crippen LogP contribution is 2.30. The van der Waals surface area contributed by atoms with E-state index in [1.54, 1.807) is 24.1 Å². The summed E-state index contributed by atoms with van der Waals surface area (Å²) in [5.74, 6) is 2.87. The average molecular weight is 320 g/mol. The van der Waals surface area contributed by atoms with Gasteiger partial charge in [0.25, 0.3) is 0 Å². The number of carbonyl (C=O) groups is 1. The molecule has 1 heterocycles. The summed E-state index contributed by atoms with van der Waals surface area (Å²) in [6.07, 6.45) is 4.34. The first-order valence-corrected chi connectivity index (χ1v) is 8.72. The van der Waals surface area contributed by atoms with Crippen LogP contribution in [0, 0.1) is 11.8 Å². The number of carbonyl (C=O) groups excluding carboxylic acids is 1. The number of methoxy groups -OCH3 is 1. The Balaban J connectivity index is 1.74. The molecule has 0 aliphatic carbocycles. The van der Waals surface area contributed by atoms with Crippen LogP contribution in [0.4, 0.5) is 0 Å². The Bertz CT molecular complexity index is 493. The molecule has 0 aromatic heterocycles. The van der Waals surface area contributed by atoms with Gasteiger partial charge in [0, 0.05) is 11.8 Å². The fraction of sp³-hybridized carbons (Fsp3) is 0.632. The van der Waals surface area contributed by atoms with E-state index in [-0.39, 0.29) is 0 Å². The molecule has 1 aliphatic rings. The standard InChI is InChI=1S/C19H29NO3/c1-15-11-16(2)13-20(12-15)9-4-5-10-23-19-17(14-21)7-6-8-18(19)22-3/h6-8,14-16H,4-5,9-13H2,1-3H3/p+1/t15-,16-/m0/s1. The lowest BCUT2D eigenvalue weighted by Crippen LogP contribution is -3.14. The lowest BCUT2D eigenvalue weighted by molar-refractivity contribution is -0.912. The molecule has 0 radical (unpaired) electrons. The number of hydrogen-bond acceptors (Lipinski definition) is 3. The molecule has 1 N–H and O–H groups in total. The van der Waals surface area contributed by atoms with Gasteiger partial charge in [0.05, 0.1) is 38.9 Å². The Labute approximate surface area is 139 Å². The Morgan fingerprint density at radius 3 is 2.61 bits per heavy atom. The predicted molar refractivity (Wildman–Crippen MR) is 91.6 cm³/mol. The van der Waals surface area contributed by atoms with Crippen molar-refractivity contribution in [3.8, 4) is 11.5 Å². The van der Waals surface area contributed by atoms with Gasteiger partial charge < -0.3 is 14.4 Å². The van der Waals surface area contributed by atoms with Gasteiger partial charge in [-0.2, -0.15) is 0 Å². The summed E-state index contributed by atoms with van der Waals surface area (Å²) < 4.78 is 11.1. The van der Waals surface area contributed by atoms with E-state index in [2.05, 4.69) is 13.8 Å². The van der Waals surface area contributed by atoms with Crippen LogP contribution >= 0.6 is 0 Å². The Morgan fingerprint density at radius 2 is 1.96 bits per heavy atom. The molecular weight excluding hydrogens is 290 g/mol. The zero-order valence-electron chi connectivity index (χ0n) is 14.6. The van der Waals surface area contributed by atoms with Crippen LogP contribution in [0.3, 0.4) is 0 Å².